The summed E-state index contributed by atoms with van der Waals surface area (Å²) in [6, 6.07) is 1.02. The number of rotatable bonds is 4. The summed E-state index contributed by atoms with van der Waals surface area (Å²) in [6.45, 7) is 5.80. The Labute approximate surface area is 102 Å². The maximum Gasteiger partial charge on any atom is 0.240 e. The van der Waals surface area contributed by atoms with Gasteiger partial charge < -0.3 is 10.3 Å². The van der Waals surface area contributed by atoms with Crippen molar-refractivity contribution in [1.29, 1.82) is 0 Å². The van der Waals surface area contributed by atoms with Crippen LogP contribution in [-0.2, 0) is 6.54 Å². The first-order chi connectivity index (χ1) is 8.19. The van der Waals surface area contributed by atoms with E-state index in [9.17, 15) is 0 Å². The Hall–Kier alpha value is -0.940. The highest BCUT2D eigenvalue weighted by Crippen LogP contribution is 2.23. The van der Waals surface area contributed by atoms with E-state index in [1.807, 2.05) is 6.92 Å². The predicted octanol–water partition coefficient (Wildman–Crippen LogP) is 1.47. The average molecular weight is 238 g/mol. The predicted molar refractivity (Wildman–Crippen MR) is 65.4 cm³/mol. The minimum absolute atomic E-state index is 0.399. The second kappa shape index (κ2) is 5.60. The molecule has 1 saturated carbocycles. The third-order valence-electron chi connectivity index (χ3n) is 3.57. The van der Waals surface area contributed by atoms with E-state index in [2.05, 4.69) is 22.0 Å². The number of nitrogens with two attached hydrogens (primary N) is 1. The standard InChI is InChI=1S/C12H22N4O/c1-3-16(8-12-14-9(2)15-17-12)11-6-4-10(13)5-7-11/h10-11H,3-8,13H2,1-2H3. The Bertz CT molecular complexity index is 344. The van der Waals surface area contributed by atoms with Gasteiger partial charge in [-0.25, -0.2) is 0 Å². The molecule has 0 bridgehead atoms. The first-order valence-electron chi connectivity index (χ1n) is 6.48. The van der Waals surface area contributed by atoms with E-state index in [1.54, 1.807) is 0 Å². The molecule has 1 heterocycles. The molecule has 1 aliphatic rings. The van der Waals surface area contributed by atoms with Crippen LogP contribution in [0.25, 0.3) is 0 Å². The highest BCUT2D eigenvalue weighted by molar-refractivity contribution is 4.86. The molecule has 2 rings (SSSR count). The number of nitrogens with zero attached hydrogens (tertiary/aromatic N) is 3. The zero-order valence-electron chi connectivity index (χ0n) is 10.7. The number of hydrogen-bond acceptors (Lipinski definition) is 5. The SMILES string of the molecule is CCN(Cc1nc(C)no1)C1CCC(N)CC1. The van der Waals surface area contributed by atoms with E-state index in [0.717, 1.165) is 31.8 Å². The Morgan fingerprint density at radius 2 is 2.06 bits per heavy atom. The van der Waals surface area contributed by atoms with Gasteiger partial charge in [0.05, 0.1) is 6.54 Å². The summed E-state index contributed by atoms with van der Waals surface area (Å²) >= 11 is 0. The summed E-state index contributed by atoms with van der Waals surface area (Å²) in [5, 5.41) is 3.83. The number of aromatic nitrogens is 2. The van der Waals surface area contributed by atoms with Gasteiger partial charge in [0.25, 0.3) is 0 Å². The molecule has 96 valence electrons. The fourth-order valence-corrected chi connectivity index (χ4v) is 2.54. The smallest absolute Gasteiger partial charge is 0.240 e. The molecule has 1 aromatic rings. The average Bonchev–Trinajstić information content (AvgIpc) is 2.73. The van der Waals surface area contributed by atoms with E-state index < -0.39 is 0 Å². The molecule has 1 fully saturated rings. The lowest BCUT2D eigenvalue weighted by molar-refractivity contribution is 0.133. The quantitative estimate of drug-likeness (QED) is 0.860. The van der Waals surface area contributed by atoms with E-state index in [-0.39, 0.29) is 0 Å². The summed E-state index contributed by atoms with van der Waals surface area (Å²) in [5.74, 6) is 1.43. The zero-order chi connectivity index (χ0) is 12.3. The van der Waals surface area contributed by atoms with Gasteiger partial charge >= 0.3 is 0 Å². The summed E-state index contributed by atoms with van der Waals surface area (Å²) in [5.41, 5.74) is 5.94. The molecule has 0 saturated heterocycles. The van der Waals surface area contributed by atoms with Crippen molar-refractivity contribution in [2.24, 2.45) is 5.73 Å². The molecule has 0 atom stereocenters. The Balaban J connectivity index is 1.92. The van der Waals surface area contributed by atoms with Crippen LogP contribution >= 0.6 is 0 Å². The van der Waals surface area contributed by atoms with Crippen molar-refractivity contribution in [2.45, 2.75) is 58.2 Å². The van der Waals surface area contributed by atoms with Gasteiger partial charge in [0.15, 0.2) is 5.82 Å². The second-order valence-electron chi connectivity index (χ2n) is 4.87. The monoisotopic (exact) mass is 238 g/mol. The molecule has 5 nitrogen and oxygen atoms in total. The molecule has 0 unspecified atom stereocenters. The van der Waals surface area contributed by atoms with Gasteiger partial charge in [-0.3, -0.25) is 4.90 Å². The van der Waals surface area contributed by atoms with E-state index in [0.29, 0.717) is 17.9 Å². The van der Waals surface area contributed by atoms with Gasteiger partial charge in [-0.2, -0.15) is 4.98 Å². The third kappa shape index (κ3) is 3.26. The van der Waals surface area contributed by atoms with Gasteiger partial charge in [-0.15, -0.1) is 0 Å². The third-order valence-corrected chi connectivity index (χ3v) is 3.57. The van der Waals surface area contributed by atoms with Crippen LogP contribution < -0.4 is 5.73 Å². The minimum Gasteiger partial charge on any atom is -0.338 e. The van der Waals surface area contributed by atoms with Crippen LogP contribution in [0.5, 0.6) is 0 Å². The summed E-state index contributed by atoms with van der Waals surface area (Å²) in [4.78, 5) is 6.68. The highest BCUT2D eigenvalue weighted by atomic mass is 16.5. The van der Waals surface area contributed by atoms with Gasteiger partial charge in [0.1, 0.15) is 0 Å². The largest absolute Gasteiger partial charge is 0.338 e. The molecule has 0 aliphatic heterocycles. The van der Waals surface area contributed by atoms with Crippen LogP contribution in [0.15, 0.2) is 4.52 Å². The second-order valence-corrected chi connectivity index (χ2v) is 4.87. The Kier molecular flexibility index (Phi) is 4.12. The molecule has 1 aromatic heterocycles. The lowest BCUT2D eigenvalue weighted by Gasteiger charge is -2.34. The van der Waals surface area contributed by atoms with Crippen LogP contribution in [0.3, 0.4) is 0 Å². The van der Waals surface area contributed by atoms with Gasteiger partial charge in [-0.05, 0) is 39.2 Å². The number of hydrogen-bond donors (Lipinski definition) is 1. The molecule has 1 aliphatic carbocycles. The van der Waals surface area contributed by atoms with Crippen molar-refractivity contribution in [3.63, 3.8) is 0 Å². The fourth-order valence-electron chi connectivity index (χ4n) is 2.54. The van der Waals surface area contributed by atoms with Crippen LogP contribution in [0, 0.1) is 6.92 Å². The van der Waals surface area contributed by atoms with Gasteiger partial charge in [0.2, 0.25) is 5.89 Å². The van der Waals surface area contributed by atoms with Crippen LogP contribution in [0.1, 0.15) is 44.3 Å². The summed E-state index contributed by atoms with van der Waals surface area (Å²) < 4.78 is 5.18. The van der Waals surface area contributed by atoms with Crippen molar-refractivity contribution in [3.8, 4) is 0 Å². The molecule has 0 radical (unpaired) electrons. The normalized spacial score (nSPS) is 25.4. The lowest BCUT2D eigenvalue weighted by atomic mass is 9.91. The Morgan fingerprint density at radius 3 is 2.59 bits per heavy atom. The number of aryl methyl sites for hydroxylation is 1. The van der Waals surface area contributed by atoms with Crippen LogP contribution in [0.4, 0.5) is 0 Å². The highest BCUT2D eigenvalue weighted by Gasteiger charge is 2.24. The Morgan fingerprint density at radius 1 is 1.35 bits per heavy atom. The molecule has 0 aromatic carbocycles. The maximum absolute atomic E-state index is 5.94. The van der Waals surface area contributed by atoms with E-state index in [1.165, 1.54) is 12.8 Å². The minimum atomic E-state index is 0.399. The molecule has 17 heavy (non-hydrogen) atoms. The lowest BCUT2D eigenvalue weighted by Crippen LogP contribution is -2.40. The van der Waals surface area contributed by atoms with Crippen molar-refractivity contribution in [2.75, 3.05) is 6.54 Å². The summed E-state index contributed by atoms with van der Waals surface area (Å²) in [7, 11) is 0. The molecule has 2 N–H and O–H groups in total. The first-order valence-corrected chi connectivity index (χ1v) is 6.48. The van der Waals surface area contributed by atoms with Crippen LogP contribution in [0.2, 0.25) is 0 Å². The van der Waals surface area contributed by atoms with E-state index in [4.69, 9.17) is 10.3 Å². The van der Waals surface area contributed by atoms with Gasteiger partial charge in [0, 0.05) is 12.1 Å². The molecule has 5 heteroatoms. The van der Waals surface area contributed by atoms with Gasteiger partial charge in [-0.1, -0.05) is 12.1 Å². The topological polar surface area (TPSA) is 68.2 Å². The molecule has 0 spiro atoms. The first kappa shape index (κ1) is 12.5. The van der Waals surface area contributed by atoms with Crippen molar-refractivity contribution < 1.29 is 4.52 Å². The molecule has 0 amide bonds. The van der Waals surface area contributed by atoms with E-state index >= 15 is 0 Å². The molecular formula is C12H22N4O. The van der Waals surface area contributed by atoms with Crippen molar-refractivity contribution >= 4 is 0 Å². The maximum atomic E-state index is 5.94. The molecular weight excluding hydrogens is 216 g/mol. The van der Waals surface area contributed by atoms with Crippen molar-refractivity contribution in [3.05, 3.63) is 11.7 Å². The van der Waals surface area contributed by atoms with Crippen LogP contribution in [-0.4, -0.2) is 33.7 Å². The van der Waals surface area contributed by atoms with Crippen molar-refractivity contribution in [1.82, 2.24) is 15.0 Å². The summed E-state index contributed by atoms with van der Waals surface area (Å²) in [6.07, 6.45) is 4.62. The zero-order valence-corrected chi connectivity index (χ0v) is 10.7. The fraction of sp³-hybridized carbons (Fsp3) is 0.833.